The summed E-state index contributed by atoms with van der Waals surface area (Å²) < 4.78 is 5.05. The van der Waals surface area contributed by atoms with Crippen LogP contribution in [0.1, 0.15) is 13.3 Å². The SMILES string of the molecule is CC(N)(C(=O)O)C1=CCOCC1. The van der Waals surface area contributed by atoms with E-state index in [2.05, 4.69) is 0 Å². The summed E-state index contributed by atoms with van der Waals surface area (Å²) in [6.45, 7) is 2.54. The maximum Gasteiger partial charge on any atom is 0.327 e. The van der Waals surface area contributed by atoms with Crippen molar-refractivity contribution in [2.45, 2.75) is 18.9 Å². The van der Waals surface area contributed by atoms with E-state index >= 15 is 0 Å². The Bertz CT molecular complexity index is 220. The van der Waals surface area contributed by atoms with Gasteiger partial charge in [0.05, 0.1) is 13.2 Å². The fourth-order valence-corrected chi connectivity index (χ4v) is 1.14. The molecule has 0 bridgehead atoms. The molecule has 1 unspecified atom stereocenters. The first-order chi connectivity index (χ1) is 5.55. The molecular formula is C8H13NO3. The van der Waals surface area contributed by atoms with Gasteiger partial charge in [0.2, 0.25) is 0 Å². The summed E-state index contributed by atoms with van der Waals surface area (Å²) in [5.41, 5.74) is 5.13. The second-order valence-electron chi connectivity index (χ2n) is 3.06. The van der Waals surface area contributed by atoms with Gasteiger partial charge in [0.25, 0.3) is 0 Å². The summed E-state index contributed by atoms with van der Waals surface area (Å²) in [5, 5.41) is 8.79. The van der Waals surface area contributed by atoms with Crippen molar-refractivity contribution in [3.05, 3.63) is 11.6 Å². The monoisotopic (exact) mass is 171 g/mol. The quantitative estimate of drug-likeness (QED) is 0.579. The molecule has 0 fully saturated rings. The van der Waals surface area contributed by atoms with Crippen molar-refractivity contribution >= 4 is 5.97 Å². The Hall–Kier alpha value is -0.870. The van der Waals surface area contributed by atoms with Crippen molar-refractivity contribution in [3.8, 4) is 0 Å². The van der Waals surface area contributed by atoms with E-state index in [9.17, 15) is 4.79 Å². The highest BCUT2D eigenvalue weighted by molar-refractivity contribution is 5.82. The van der Waals surface area contributed by atoms with Crippen LogP contribution in [-0.2, 0) is 9.53 Å². The van der Waals surface area contributed by atoms with Gasteiger partial charge in [-0.1, -0.05) is 6.08 Å². The van der Waals surface area contributed by atoms with E-state index in [0.717, 1.165) is 5.57 Å². The van der Waals surface area contributed by atoms with Gasteiger partial charge >= 0.3 is 5.97 Å². The Kier molecular flexibility index (Phi) is 2.49. The molecule has 3 N–H and O–H groups in total. The normalized spacial score (nSPS) is 22.7. The summed E-state index contributed by atoms with van der Waals surface area (Å²) in [6, 6.07) is 0. The maximum atomic E-state index is 10.7. The minimum absolute atomic E-state index is 0.468. The number of hydrogen-bond acceptors (Lipinski definition) is 3. The topological polar surface area (TPSA) is 72.6 Å². The van der Waals surface area contributed by atoms with Crippen LogP contribution in [0.3, 0.4) is 0 Å². The molecule has 1 aliphatic rings. The van der Waals surface area contributed by atoms with Crippen LogP contribution in [0.15, 0.2) is 11.6 Å². The van der Waals surface area contributed by atoms with Crippen LogP contribution in [-0.4, -0.2) is 29.8 Å². The van der Waals surface area contributed by atoms with Gasteiger partial charge in [0, 0.05) is 0 Å². The molecule has 4 nitrogen and oxygen atoms in total. The molecular weight excluding hydrogens is 158 g/mol. The molecule has 0 aromatic heterocycles. The van der Waals surface area contributed by atoms with Crippen LogP contribution >= 0.6 is 0 Å². The summed E-state index contributed by atoms with van der Waals surface area (Å²) >= 11 is 0. The lowest BCUT2D eigenvalue weighted by molar-refractivity contribution is -0.141. The molecule has 1 atom stereocenters. The number of carboxylic acid groups (broad SMARTS) is 1. The van der Waals surface area contributed by atoms with Crippen LogP contribution in [0, 0.1) is 0 Å². The maximum absolute atomic E-state index is 10.7. The van der Waals surface area contributed by atoms with E-state index in [1.165, 1.54) is 6.92 Å². The Labute approximate surface area is 71.0 Å². The Morgan fingerprint density at radius 1 is 1.83 bits per heavy atom. The van der Waals surface area contributed by atoms with Gasteiger partial charge in [0.1, 0.15) is 5.54 Å². The van der Waals surface area contributed by atoms with E-state index in [-0.39, 0.29) is 0 Å². The first-order valence-electron chi connectivity index (χ1n) is 3.84. The Morgan fingerprint density at radius 3 is 2.92 bits per heavy atom. The molecule has 1 rings (SSSR count). The lowest BCUT2D eigenvalue weighted by atomic mass is 9.90. The van der Waals surface area contributed by atoms with Gasteiger partial charge in [-0.2, -0.15) is 0 Å². The molecule has 68 valence electrons. The zero-order chi connectivity index (χ0) is 9.19. The third-order valence-corrected chi connectivity index (χ3v) is 2.07. The number of hydrogen-bond donors (Lipinski definition) is 2. The van der Waals surface area contributed by atoms with Crippen LogP contribution in [0.25, 0.3) is 0 Å². The van der Waals surface area contributed by atoms with Crippen molar-refractivity contribution < 1.29 is 14.6 Å². The lowest BCUT2D eigenvalue weighted by Crippen LogP contribution is -2.47. The van der Waals surface area contributed by atoms with Crippen molar-refractivity contribution in [2.24, 2.45) is 5.73 Å². The third kappa shape index (κ3) is 1.65. The number of ether oxygens (including phenoxy) is 1. The standard InChI is InChI=1S/C8H13NO3/c1-8(9,7(10)11)6-2-4-12-5-3-6/h2H,3-5,9H2,1H3,(H,10,11). The molecule has 0 aromatic rings. The van der Waals surface area contributed by atoms with Crippen LogP contribution in [0.4, 0.5) is 0 Å². The molecule has 0 aromatic carbocycles. The van der Waals surface area contributed by atoms with Crippen molar-refractivity contribution in [2.75, 3.05) is 13.2 Å². The first kappa shape index (κ1) is 9.22. The Balaban J connectivity index is 2.79. The zero-order valence-electron chi connectivity index (χ0n) is 7.04. The van der Waals surface area contributed by atoms with Crippen molar-refractivity contribution in [1.29, 1.82) is 0 Å². The van der Waals surface area contributed by atoms with Gasteiger partial charge in [0.15, 0.2) is 0 Å². The molecule has 4 heteroatoms. The van der Waals surface area contributed by atoms with E-state index in [0.29, 0.717) is 19.6 Å². The Morgan fingerprint density at radius 2 is 2.50 bits per heavy atom. The molecule has 0 spiro atoms. The second kappa shape index (κ2) is 3.25. The predicted molar refractivity (Wildman–Crippen MR) is 43.7 cm³/mol. The van der Waals surface area contributed by atoms with Gasteiger partial charge in [-0.05, 0) is 18.9 Å². The first-order valence-corrected chi connectivity index (χ1v) is 3.84. The van der Waals surface area contributed by atoms with Gasteiger partial charge in [-0.15, -0.1) is 0 Å². The average Bonchev–Trinajstić information content (AvgIpc) is 2.06. The molecule has 0 radical (unpaired) electrons. The largest absolute Gasteiger partial charge is 0.480 e. The van der Waals surface area contributed by atoms with Crippen LogP contribution in [0.5, 0.6) is 0 Å². The molecule has 12 heavy (non-hydrogen) atoms. The molecule has 0 saturated heterocycles. The molecule has 1 heterocycles. The minimum atomic E-state index is -1.23. The van der Waals surface area contributed by atoms with E-state index in [1.54, 1.807) is 6.08 Å². The van der Waals surface area contributed by atoms with E-state index in [1.807, 2.05) is 0 Å². The van der Waals surface area contributed by atoms with Crippen LogP contribution in [0.2, 0.25) is 0 Å². The average molecular weight is 171 g/mol. The lowest BCUT2D eigenvalue weighted by Gasteiger charge is -2.25. The summed E-state index contributed by atoms with van der Waals surface area (Å²) in [4.78, 5) is 10.7. The molecule has 0 saturated carbocycles. The highest BCUT2D eigenvalue weighted by Crippen LogP contribution is 2.20. The fraction of sp³-hybridized carbons (Fsp3) is 0.625. The number of rotatable bonds is 2. The molecule has 0 amide bonds. The number of carbonyl (C=O) groups is 1. The van der Waals surface area contributed by atoms with Gasteiger partial charge < -0.3 is 15.6 Å². The van der Waals surface area contributed by atoms with E-state index in [4.69, 9.17) is 15.6 Å². The second-order valence-corrected chi connectivity index (χ2v) is 3.06. The number of nitrogens with two attached hydrogens (primary N) is 1. The summed E-state index contributed by atoms with van der Waals surface area (Å²) in [7, 11) is 0. The summed E-state index contributed by atoms with van der Waals surface area (Å²) in [6.07, 6.45) is 2.36. The van der Waals surface area contributed by atoms with Crippen molar-refractivity contribution in [1.82, 2.24) is 0 Å². The van der Waals surface area contributed by atoms with Gasteiger partial charge in [-0.3, -0.25) is 0 Å². The highest BCUT2D eigenvalue weighted by Gasteiger charge is 2.32. The number of aliphatic carboxylic acids is 1. The minimum Gasteiger partial charge on any atom is -0.480 e. The third-order valence-electron chi connectivity index (χ3n) is 2.07. The molecule has 0 aliphatic carbocycles. The van der Waals surface area contributed by atoms with Crippen LogP contribution < -0.4 is 5.73 Å². The predicted octanol–water partition coefficient (Wildman–Crippen LogP) is 0.135. The fourth-order valence-electron chi connectivity index (χ4n) is 1.14. The summed E-state index contributed by atoms with van der Waals surface area (Å²) in [5.74, 6) is -0.990. The van der Waals surface area contributed by atoms with Crippen molar-refractivity contribution in [3.63, 3.8) is 0 Å². The highest BCUT2D eigenvalue weighted by atomic mass is 16.5. The number of carboxylic acids is 1. The van der Waals surface area contributed by atoms with Gasteiger partial charge in [-0.25, -0.2) is 4.79 Å². The molecule has 1 aliphatic heterocycles. The smallest absolute Gasteiger partial charge is 0.327 e. The zero-order valence-corrected chi connectivity index (χ0v) is 7.04. The van der Waals surface area contributed by atoms with E-state index < -0.39 is 11.5 Å².